The van der Waals surface area contributed by atoms with E-state index in [1.807, 2.05) is 26.0 Å². The summed E-state index contributed by atoms with van der Waals surface area (Å²) in [7, 11) is 0. The molecule has 1 atom stereocenters. The summed E-state index contributed by atoms with van der Waals surface area (Å²) in [5.74, 6) is 1.08. The minimum absolute atomic E-state index is 0.415. The van der Waals surface area contributed by atoms with Gasteiger partial charge < -0.3 is 9.84 Å². The van der Waals surface area contributed by atoms with E-state index in [1.165, 1.54) is 0 Å². The van der Waals surface area contributed by atoms with Crippen molar-refractivity contribution >= 4 is 11.6 Å². The van der Waals surface area contributed by atoms with E-state index in [0.29, 0.717) is 17.2 Å². The molecule has 4 heteroatoms. The smallest absolute Gasteiger partial charge is 0.225 e. The quantitative estimate of drug-likeness (QED) is 0.914. The summed E-state index contributed by atoms with van der Waals surface area (Å²) in [6, 6.07) is 7.28. The SMILES string of the molecule is Cc1cc(Oc2ncccc2[C@@H](C)O)cc(C)c1Cl. The van der Waals surface area contributed by atoms with E-state index >= 15 is 0 Å². The van der Waals surface area contributed by atoms with Crippen LogP contribution in [-0.2, 0) is 0 Å². The van der Waals surface area contributed by atoms with Crippen molar-refractivity contribution in [3.8, 4) is 11.6 Å². The van der Waals surface area contributed by atoms with Gasteiger partial charge in [-0.15, -0.1) is 0 Å². The number of rotatable bonds is 3. The van der Waals surface area contributed by atoms with E-state index in [0.717, 1.165) is 16.1 Å². The van der Waals surface area contributed by atoms with Crippen LogP contribution >= 0.6 is 11.6 Å². The number of hydrogen-bond donors (Lipinski definition) is 1. The summed E-state index contributed by atoms with van der Waals surface area (Å²) in [4.78, 5) is 4.16. The molecule has 0 aliphatic rings. The summed E-state index contributed by atoms with van der Waals surface area (Å²) in [5, 5.41) is 10.4. The minimum atomic E-state index is -0.627. The standard InChI is InChI=1S/C15H16ClNO2/c1-9-7-12(8-10(2)14(9)16)19-15-13(11(3)18)5-4-6-17-15/h4-8,11,18H,1-3H3/t11-/m1/s1. The zero-order valence-corrected chi connectivity index (χ0v) is 11.9. The Morgan fingerprint density at radius 1 is 1.26 bits per heavy atom. The average molecular weight is 278 g/mol. The predicted molar refractivity (Wildman–Crippen MR) is 75.9 cm³/mol. The lowest BCUT2D eigenvalue weighted by atomic mass is 10.1. The van der Waals surface area contributed by atoms with E-state index < -0.39 is 6.10 Å². The topological polar surface area (TPSA) is 42.4 Å². The zero-order valence-electron chi connectivity index (χ0n) is 11.1. The molecule has 0 radical (unpaired) electrons. The molecule has 100 valence electrons. The Kier molecular flexibility index (Phi) is 4.08. The van der Waals surface area contributed by atoms with E-state index in [9.17, 15) is 5.11 Å². The van der Waals surface area contributed by atoms with Crippen molar-refractivity contribution in [2.75, 3.05) is 0 Å². The van der Waals surface area contributed by atoms with Gasteiger partial charge in [-0.05, 0) is 56.2 Å². The Morgan fingerprint density at radius 3 is 2.47 bits per heavy atom. The molecule has 0 saturated carbocycles. The van der Waals surface area contributed by atoms with Crippen LogP contribution in [0.4, 0.5) is 0 Å². The van der Waals surface area contributed by atoms with Crippen molar-refractivity contribution in [3.05, 3.63) is 52.2 Å². The predicted octanol–water partition coefficient (Wildman–Crippen LogP) is 4.20. The maximum absolute atomic E-state index is 9.69. The second-order valence-corrected chi connectivity index (χ2v) is 4.92. The molecule has 1 aromatic carbocycles. The highest BCUT2D eigenvalue weighted by atomic mass is 35.5. The van der Waals surface area contributed by atoms with Crippen molar-refractivity contribution in [3.63, 3.8) is 0 Å². The van der Waals surface area contributed by atoms with Crippen molar-refractivity contribution in [1.82, 2.24) is 4.98 Å². The highest BCUT2D eigenvalue weighted by Gasteiger charge is 2.12. The molecular formula is C15H16ClNO2. The van der Waals surface area contributed by atoms with Gasteiger partial charge in [-0.2, -0.15) is 0 Å². The zero-order chi connectivity index (χ0) is 14.0. The molecule has 0 aliphatic carbocycles. The van der Waals surface area contributed by atoms with Crippen LogP contribution in [0, 0.1) is 13.8 Å². The molecule has 0 saturated heterocycles. The van der Waals surface area contributed by atoms with E-state index in [-0.39, 0.29) is 0 Å². The van der Waals surface area contributed by atoms with Gasteiger partial charge in [0.05, 0.1) is 6.10 Å². The van der Waals surface area contributed by atoms with Crippen LogP contribution in [0.25, 0.3) is 0 Å². The molecule has 0 bridgehead atoms. The van der Waals surface area contributed by atoms with Crippen LogP contribution in [0.15, 0.2) is 30.5 Å². The van der Waals surface area contributed by atoms with Crippen LogP contribution < -0.4 is 4.74 Å². The highest BCUT2D eigenvalue weighted by molar-refractivity contribution is 6.32. The normalized spacial score (nSPS) is 12.3. The average Bonchev–Trinajstić information content (AvgIpc) is 2.36. The molecular weight excluding hydrogens is 262 g/mol. The third-order valence-electron chi connectivity index (χ3n) is 2.88. The second kappa shape index (κ2) is 5.59. The van der Waals surface area contributed by atoms with Crippen LogP contribution in [0.1, 0.15) is 29.7 Å². The van der Waals surface area contributed by atoms with Crippen LogP contribution in [-0.4, -0.2) is 10.1 Å². The fourth-order valence-corrected chi connectivity index (χ4v) is 1.99. The van der Waals surface area contributed by atoms with Crippen LogP contribution in [0.5, 0.6) is 11.6 Å². The number of aliphatic hydroxyl groups excluding tert-OH is 1. The molecule has 1 N–H and O–H groups in total. The molecule has 1 aromatic heterocycles. The molecule has 0 spiro atoms. The largest absolute Gasteiger partial charge is 0.439 e. The molecule has 0 fully saturated rings. The third kappa shape index (κ3) is 3.06. The van der Waals surface area contributed by atoms with Crippen molar-refractivity contribution in [1.29, 1.82) is 0 Å². The first-order chi connectivity index (χ1) is 8.99. The highest BCUT2D eigenvalue weighted by Crippen LogP contribution is 2.31. The molecule has 19 heavy (non-hydrogen) atoms. The molecule has 2 rings (SSSR count). The summed E-state index contributed by atoms with van der Waals surface area (Å²) in [5.41, 5.74) is 2.56. The van der Waals surface area contributed by atoms with Gasteiger partial charge in [-0.25, -0.2) is 4.98 Å². The molecule has 1 heterocycles. The first-order valence-corrected chi connectivity index (χ1v) is 6.44. The Bertz CT molecular complexity index is 573. The van der Waals surface area contributed by atoms with E-state index in [2.05, 4.69) is 4.98 Å². The maximum Gasteiger partial charge on any atom is 0.225 e. The Morgan fingerprint density at radius 2 is 1.89 bits per heavy atom. The Labute approximate surface area is 117 Å². The van der Waals surface area contributed by atoms with Gasteiger partial charge in [0.25, 0.3) is 0 Å². The fourth-order valence-electron chi connectivity index (χ4n) is 1.88. The van der Waals surface area contributed by atoms with Crippen LogP contribution in [0.2, 0.25) is 5.02 Å². The number of aliphatic hydroxyl groups is 1. The van der Waals surface area contributed by atoms with Crippen LogP contribution in [0.3, 0.4) is 0 Å². The van der Waals surface area contributed by atoms with E-state index in [4.69, 9.17) is 16.3 Å². The first-order valence-electron chi connectivity index (χ1n) is 6.06. The third-order valence-corrected chi connectivity index (χ3v) is 3.47. The molecule has 0 unspecified atom stereocenters. The summed E-state index contributed by atoms with van der Waals surface area (Å²) < 4.78 is 5.76. The van der Waals surface area contributed by atoms with E-state index in [1.54, 1.807) is 25.3 Å². The molecule has 2 aromatic rings. The van der Waals surface area contributed by atoms with Gasteiger partial charge in [-0.1, -0.05) is 11.6 Å². The van der Waals surface area contributed by atoms with Crippen molar-refractivity contribution in [2.24, 2.45) is 0 Å². The Balaban J connectivity index is 2.37. The molecule has 0 amide bonds. The number of nitrogens with zero attached hydrogens (tertiary/aromatic N) is 1. The lowest BCUT2D eigenvalue weighted by Gasteiger charge is -2.13. The lowest BCUT2D eigenvalue weighted by Crippen LogP contribution is -1.98. The summed E-state index contributed by atoms with van der Waals surface area (Å²) >= 11 is 6.12. The maximum atomic E-state index is 9.69. The molecule has 3 nitrogen and oxygen atoms in total. The summed E-state index contributed by atoms with van der Waals surface area (Å²) in [6.07, 6.45) is 1.01. The van der Waals surface area contributed by atoms with Gasteiger partial charge in [0.15, 0.2) is 0 Å². The van der Waals surface area contributed by atoms with Crippen molar-refractivity contribution < 1.29 is 9.84 Å². The fraction of sp³-hybridized carbons (Fsp3) is 0.267. The molecule has 0 aliphatic heterocycles. The number of pyridine rings is 1. The van der Waals surface area contributed by atoms with Gasteiger partial charge in [0.2, 0.25) is 5.88 Å². The second-order valence-electron chi connectivity index (χ2n) is 4.55. The van der Waals surface area contributed by atoms with Gasteiger partial charge in [-0.3, -0.25) is 0 Å². The number of aromatic nitrogens is 1. The lowest BCUT2D eigenvalue weighted by molar-refractivity contribution is 0.194. The van der Waals surface area contributed by atoms with Gasteiger partial charge >= 0.3 is 0 Å². The first kappa shape index (κ1) is 13.8. The number of benzene rings is 1. The Hall–Kier alpha value is -1.58. The van der Waals surface area contributed by atoms with Crippen molar-refractivity contribution in [2.45, 2.75) is 26.9 Å². The monoisotopic (exact) mass is 277 g/mol. The summed E-state index contributed by atoms with van der Waals surface area (Å²) in [6.45, 7) is 5.54. The number of hydrogen-bond acceptors (Lipinski definition) is 3. The number of aryl methyl sites for hydroxylation is 2. The number of ether oxygens (including phenoxy) is 1. The van der Waals surface area contributed by atoms with Gasteiger partial charge in [0, 0.05) is 16.8 Å². The minimum Gasteiger partial charge on any atom is -0.439 e. The van der Waals surface area contributed by atoms with Gasteiger partial charge in [0.1, 0.15) is 5.75 Å². The number of halogens is 1.